The second-order valence-corrected chi connectivity index (χ2v) is 7.97. The number of rotatable bonds is 3. The van der Waals surface area contributed by atoms with Gasteiger partial charge < -0.3 is 5.11 Å². The number of aliphatic carboxylic acids is 1. The SMILES string of the molecule is Cn1c2c(c(=O)n(Cc3ccccc3)c1=O)CC(C(=O)O)CS2(=O)=O. The van der Waals surface area contributed by atoms with Crippen molar-refractivity contribution in [2.45, 2.75) is 18.0 Å². The summed E-state index contributed by atoms with van der Waals surface area (Å²) in [6.45, 7) is -0.0165. The number of hydrogen-bond donors (Lipinski definition) is 1. The molecule has 1 N–H and O–H groups in total. The fourth-order valence-electron chi connectivity index (χ4n) is 3.10. The van der Waals surface area contributed by atoms with Gasteiger partial charge in [-0.25, -0.2) is 13.2 Å². The Balaban J connectivity index is 2.24. The number of carboxylic acid groups (broad SMARTS) is 1. The molecule has 1 aliphatic heterocycles. The fourth-order valence-corrected chi connectivity index (χ4v) is 5.09. The number of benzene rings is 1. The lowest BCUT2D eigenvalue weighted by Crippen LogP contribution is -2.47. The van der Waals surface area contributed by atoms with Gasteiger partial charge in [-0.15, -0.1) is 0 Å². The van der Waals surface area contributed by atoms with Gasteiger partial charge in [0.05, 0.1) is 23.8 Å². The molecule has 0 radical (unpaired) electrons. The van der Waals surface area contributed by atoms with E-state index in [0.717, 1.165) is 9.13 Å². The van der Waals surface area contributed by atoms with Gasteiger partial charge in [0.1, 0.15) is 5.03 Å². The monoisotopic (exact) mass is 364 g/mol. The van der Waals surface area contributed by atoms with Crippen molar-refractivity contribution < 1.29 is 18.3 Å². The highest BCUT2D eigenvalue weighted by Crippen LogP contribution is 2.25. The molecule has 1 atom stereocenters. The van der Waals surface area contributed by atoms with E-state index in [4.69, 9.17) is 0 Å². The molecule has 0 saturated heterocycles. The Hall–Kier alpha value is -2.68. The van der Waals surface area contributed by atoms with Crippen LogP contribution in [0.5, 0.6) is 0 Å². The summed E-state index contributed by atoms with van der Waals surface area (Å²) in [6, 6.07) is 8.79. The van der Waals surface area contributed by atoms with Crippen molar-refractivity contribution in [1.29, 1.82) is 0 Å². The number of aromatic nitrogens is 2. The highest BCUT2D eigenvalue weighted by atomic mass is 32.2. The van der Waals surface area contributed by atoms with Crippen molar-refractivity contribution >= 4 is 15.8 Å². The number of hydrogen-bond acceptors (Lipinski definition) is 5. The number of sulfone groups is 1. The molecule has 9 heteroatoms. The quantitative estimate of drug-likeness (QED) is 0.743. The van der Waals surface area contributed by atoms with Gasteiger partial charge in [-0.1, -0.05) is 30.3 Å². The van der Waals surface area contributed by atoms with Gasteiger partial charge in [-0.05, 0) is 12.0 Å². The van der Waals surface area contributed by atoms with Crippen molar-refractivity contribution in [3.8, 4) is 0 Å². The van der Waals surface area contributed by atoms with Gasteiger partial charge in [-0.2, -0.15) is 0 Å². The molecule has 1 unspecified atom stereocenters. The summed E-state index contributed by atoms with van der Waals surface area (Å²) >= 11 is 0. The maximum atomic E-state index is 12.7. The molecule has 2 aromatic rings. The highest BCUT2D eigenvalue weighted by molar-refractivity contribution is 7.91. The molecule has 0 fully saturated rings. The van der Waals surface area contributed by atoms with Crippen LogP contribution in [0.25, 0.3) is 0 Å². The van der Waals surface area contributed by atoms with Crippen molar-refractivity contribution in [3.05, 3.63) is 62.3 Å². The number of carboxylic acids is 1. The zero-order chi connectivity index (χ0) is 18.4. The van der Waals surface area contributed by atoms with Crippen LogP contribution in [0.15, 0.2) is 44.9 Å². The molecule has 0 spiro atoms. The van der Waals surface area contributed by atoms with Crippen molar-refractivity contribution in [3.63, 3.8) is 0 Å². The Morgan fingerprint density at radius 1 is 1.24 bits per heavy atom. The lowest BCUT2D eigenvalue weighted by molar-refractivity contribution is -0.141. The van der Waals surface area contributed by atoms with E-state index in [1.165, 1.54) is 7.05 Å². The van der Waals surface area contributed by atoms with E-state index in [1.807, 2.05) is 0 Å². The number of carbonyl (C=O) groups is 1. The van der Waals surface area contributed by atoms with Crippen LogP contribution in [0.1, 0.15) is 11.1 Å². The molecule has 132 valence electrons. The molecule has 3 rings (SSSR count). The van der Waals surface area contributed by atoms with Crippen LogP contribution < -0.4 is 11.2 Å². The molecule has 1 aromatic heterocycles. The third-order valence-corrected chi connectivity index (χ3v) is 6.23. The predicted octanol–water partition coefficient (Wildman–Crippen LogP) is -0.374. The third kappa shape index (κ3) is 2.91. The molecule has 1 aromatic carbocycles. The molecule has 0 amide bonds. The first kappa shape index (κ1) is 17.2. The zero-order valence-corrected chi connectivity index (χ0v) is 14.2. The molecule has 0 saturated carbocycles. The standard InChI is InChI=1S/C16H16N2O6S/c1-17-14-12(7-11(15(20)21)9-25(14,23)24)13(19)18(16(17)22)8-10-5-3-2-4-6-10/h2-6,11H,7-9H2,1H3,(H,20,21). The fraction of sp³-hybridized carbons (Fsp3) is 0.312. The van der Waals surface area contributed by atoms with Crippen molar-refractivity contribution in [1.82, 2.24) is 9.13 Å². The summed E-state index contributed by atoms with van der Waals surface area (Å²) in [5.74, 6) is -3.10. The maximum Gasteiger partial charge on any atom is 0.332 e. The van der Waals surface area contributed by atoms with E-state index in [-0.39, 0.29) is 23.6 Å². The topological polar surface area (TPSA) is 115 Å². The molecular formula is C16H16N2O6S. The van der Waals surface area contributed by atoms with E-state index in [0.29, 0.717) is 5.56 Å². The summed E-state index contributed by atoms with van der Waals surface area (Å²) in [5.41, 5.74) is -0.937. The lowest BCUT2D eigenvalue weighted by Gasteiger charge is -2.24. The van der Waals surface area contributed by atoms with Crippen LogP contribution >= 0.6 is 0 Å². The van der Waals surface area contributed by atoms with E-state index in [2.05, 4.69) is 0 Å². The van der Waals surface area contributed by atoms with Gasteiger partial charge >= 0.3 is 11.7 Å². The summed E-state index contributed by atoms with van der Waals surface area (Å²) in [5, 5.41) is 8.80. The Labute approximate surface area is 142 Å². The minimum absolute atomic E-state index is 0.0165. The number of fused-ring (bicyclic) bond motifs is 1. The van der Waals surface area contributed by atoms with Gasteiger partial charge in [0.2, 0.25) is 0 Å². The first-order valence-corrected chi connectivity index (χ1v) is 9.20. The minimum atomic E-state index is -4.03. The first-order chi connectivity index (χ1) is 11.7. The highest BCUT2D eigenvalue weighted by Gasteiger charge is 2.38. The first-order valence-electron chi connectivity index (χ1n) is 7.54. The average molecular weight is 364 g/mol. The normalized spacial score (nSPS) is 18.5. The predicted molar refractivity (Wildman–Crippen MR) is 88.4 cm³/mol. The van der Waals surface area contributed by atoms with Crippen LogP contribution in [0.4, 0.5) is 0 Å². The van der Waals surface area contributed by atoms with E-state index in [9.17, 15) is 27.9 Å². The average Bonchev–Trinajstić information content (AvgIpc) is 2.56. The Kier molecular flexibility index (Phi) is 4.11. The molecule has 0 bridgehead atoms. The largest absolute Gasteiger partial charge is 0.481 e. The molecule has 8 nitrogen and oxygen atoms in total. The van der Waals surface area contributed by atoms with Crippen LogP contribution in [0.2, 0.25) is 0 Å². The zero-order valence-electron chi connectivity index (χ0n) is 13.4. The van der Waals surface area contributed by atoms with Gasteiger partial charge in [-0.3, -0.25) is 18.7 Å². The Bertz CT molecular complexity index is 1070. The minimum Gasteiger partial charge on any atom is -0.481 e. The van der Waals surface area contributed by atoms with Crippen LogP contribution in [0, 0.1) is 5.92 Å². The van der Waals surface area contributed by atoms with Crippen LogP contribution in [0.3, 0.4) is 0 Å². The Morgan fingerprint density at radius 3 is 2.48 bits per heavy atom. The third-order valence-electron chi connectivity index (χ3n) is 4.28. The second kappa shape index (κ2) is 5.99. The second-order valence-electron chi connectivity index (χ2n) is 6.02. The molecular weight excluding hydrogens is 348 g/mol. The van der Waals surface area contributed by atoms with Crippen LogP contribution in [-0.2, 0) is 34.6 Å². The van der Waals surface area contributed by atoms with Gasteiger partial charge in [0, 0.05) is 7.05 Å². The van der Waals surface area contributed by atoms with Crippen LogP contribution in [-0.4, -0.2) is 34.4 Å². The van der Waals surface area contributed by atoms with Gasteiger partial charge in [0.15, 0.2) is 9.84 Å². The van der Waals surface area contributed by atoms with Gasteiger partial charge in [0.25, 0.3) is 5.56 Å². The summed E-state index contributed by atoms with van der Waals surface area (Å²) in [7, 11) is -2.75. The lowest BCUT2D eigenvalue weighted by atomic mass is 10.0. The molecule has 2 heterocycles. The van der Waals surface area contributed by atoms with E-state index >= 15 is 0 Å². The smallest absolute Gasteiger partial charge is 0.332 e. The Morgan fingerprint density at radius 2 is 1.88 bits per heavy atom. The maximum absolute atomic E-state index is 12.7. The molecule has 0 aliphatic carbocycles. The van der Waals surface area contributed by atoms with E-state index < -0.39 is 38.7 Å². The van der Waals surface area contributed by atoms with Crippen molar-refractivity contribution in [2.24, 2.45) is 13.0 Å². The summed E-state index contributed by atoms with van der Waals surface area (Å²) in [4.78, 5) is 36.5. The summed E-state index contributed by atoms with van der Waals surface area (Å²) < 4.78 is 26.7. The van der Waals surface area contributed by atoms with E-state index in [1.54, 1.807) is 30.3 Å². The molecule has 1 aliphatic rings. The summed E-state index contributed by atoms with van der Waals surface area (Å²) in [6.07, 6.45) is -0.217. The van der Waals surface area contributed by atoms with Crippen molar-refractivity contribution in [2.75, 3.05) is 5.75 Å². The molecule has 25 heavy (non-hydrogen) atoms. The number of nitrogens with zero attached hydrogens (tertiary/aromatic N) is 2.